The van der Waals surface area contributed by atoms with Gasteiger partial charge in [0.15, 0.2) is 0 Å². The molecule has 2 N–H and O–H groups in total. The number of amides is 1. The minimum Gasteiger partial charge on any atom is -0.444 e. The summed E-state index contributed by atoms with van der Waals surface area (Å²) >= 11 is 0. The van der Waals surface area contributed by atoms with Crippen LogP contribution in [-0.2, 0) is 9.47 Å². The maximum absolute atomic E-state index is 11.8. The predicted molar refractivity (Wildman–Crippen MR) is 71.6 cm³/mol. The van der Waals surface area contributed by atoms with Crippen LogP contribution in [0.3, 0.4) is 0 Å². The van der Waals surface area contributed by atoms with Gasteiger partial charge in [0, 0.05) is 12.5 Å². The van der Waals surface area contributed by atoms with Gasteiger partial charge in [0.25, 0.3) is 0 Å². The fourth-order valence-electron chi connectivity index (χ4n) is 2.77. The Bertz CT molecular complexity index is 383. The van der Waals surface area contributed by atoms with E-state index in [4.69, 9.17) is 15.9 Å². The summed E-state index contributed by atoms with van der Waals surface area (Å²) in [5, 5.41) is 6.16. The summed E-state index contributed by atoms with van der Waals surface area (Å²) in [4.78, 5) is 11.8. The van der Waals surface area contributed by atoms with Gasteiger partial charge in [-0.1, -0.05) is 5.92 Å². The Morgan fingerprint density at radius 3 is 2.84 bits per heavy atom. The SMILES string of the molecule is C#CCNC1C(NC(=O)OC(C)(C)C)C2CCOC21. The van der Waals surface area contributed by atoms with Crippen LogP contribution < -0.4 is 10.6 Å². The zero-order chi connectivity index (χ0) is 14.0. The van der Waals surface area contributed by atoms with Crippen LogP contribution in [0.5, 0.6) is 0 Å². The molecular formula is C14H22N2O3. The Kier molecular flexibility index (Phi) is 4.02. The molecule has 5 heteroatoms. The third kappa shape index (κ3) is 3.20. The molecule has 0 aromatic carbocycles. The number of carbonyl (C=O) groups excluding carboxylic acids is 1. The van der Waals surface area contributed by atoms with Gasteiger partial charge in [0.2, 0.25) is 0 Å². The molecule has 0 aromatic rings. The normalized spacial score (nSPS) is 32.9. The third-order valence-corrected chi connectivity index (χ3v) is 3.51. The maximum Gasteiger partial charge on any atom is 0.407 e. The molecule has 2 rings (SSSR count). The number of nitrogens with one attached hydrogen (secondary N) is 2. The van der Waals surface area contributed by atoms with E-state index in [9.17, 15) is 4.79 Å². The molecule has 2 aliphatic rings. The number of alkyl carbamates (subject to hydrolysis) is 1. The molecule has 0 spiro atoms. The molecule has 1 amide bonds. The summed E-state index contributed by atoms with van der Waals surface area (Å²) in [7, 11) is 0. The van der Waals surface area contributed by atoms with Crippen molar-refractivity contribution in [3.63, 3.8) is 0 Å². The predicted octanol–water partition coefficient (Wildman–Crippen LogP) is 0.890. The number of ether oxygens (including phenoxy) is 2. The van der Waals surface area contributed by atoms with Crippen molar-refractivity contribution >= 4 is 6.09 Å². The summed E-state index contributed by atoms with van der Waals surface area (Å²) in [6.07, 6.45) is 6.01. The van der Waals surface area contributed by atoms with Gasteiger partial charge >= 0.3 is 6.09 Å². The fourth-order valence-corrected chi connectivity index (χ4v) is 2.77. The van der Waals surface area contributed by atoms with Crippen molar-refractivity contribution in [3.05, 3.63) is 0 Å². The van der Waals surface area contributed by atoms with E-state index < -0.39 is 5.60 Å². The van der Waals surface area contributed by atoms with Gasteiger partial charge in [-0.2, -0.15) is 0 Å². The lowest BCUT2D eigenvalue weighted by Gasteiger charge is -2.47. The standard InChI is InChI=1S/C14H22N2O3/c1-5-7-15-11-10(9-6-8-18-12(9)11)16-13(17)19-14(2,3)4/h1,9-12,15H,6-8H2,2-4H3,(H,16,17). The van der Waals surface area contributed by atoms with Crippen LogP contribution in [0.2, 0.25) is 0 Å². The molecule has 19 heavy (non-hydrogen) atoms. The molecule has 106 valence electrons. The Morgan fingerprint density at radius 2 is 2.21 bits per heavy atom. The highest BCUT2D eigenvalue weighted by molar-refractivity contribution is 5.68. The van der Waals surface area contributed by atoms with E-state index in [0.717, 1.165) is 13.0 Å². The van der Waals surface area contributed by atoms with Crippen molar-refractivity contribution < 1.29 is 14.3 Å². The number of hydrogen-bond donors (Lipinski definition) is 2. The van der Waals surface area contributed by atoms with Crippen molar-refractivity contribution in [2.75, 3.05) is 13.2 Å². The molecule has 4 atom stereocenters. The molecule has 1 heterocycles. The summed E-state index contributed by atoms with van der Waals surface area (Å²) in [5.41, 5.74) is -0.485. The van der Waals surface area contributed by atoms with Crippen LogP contribution in [0.25, 0.3) is 0 Å². The highest BCUT2D eigenvalue weighted by Crippen LogP contribution is 2.39. The van der Waals surface area contributed by atoms with Crippen LogP contribution in [0.1, 0.15) is 27.2 Å². The summed E-state index contributed by atoms with van der Waals surface area (Å²) in [6.45, 7) is 6.77. The smallest absolute Gasteiger partial charge is 0.407 e. The van der Waals surface area contributed by atoms with Crippen LogP contribution in [0.4, 0.5) is 4.79 Å². The van der Waals surface area contributed by atoms with E-state index in [1.165, 1.54) is 0 Å². The maximum atomic E-state index is 11.8. The Balaban J connectivity index is 1.90. The fraction of sp³-hybridized carbons (Fsp3) is 0.786. The zero-order valence-corrected chi connectivity index (χ0v) is 11.7. The van der Waals surface area contributed by atoms with Gasteiger partial charge in [-0.3, -0.25) is 5.32 Å². The first-order chi connectivity index (χ1) is 8.92. The van der Waals surface area contributed by atoms with Gasteiger partial charge in [0.1, 0.15) is 5.60 Å². The van der Waals surface area contributed by atoms with Gasteiger partial charge in [0.05, 0.1) is 24.7 Å². The first-order valence-corrected chi connectivity index (χ1v) is 6.70. The summed E-state index contributed by atoms with van der Waals surface area (Å²) < 4.78 is 10.9. The molecule has 0 radical (unpaired) electrons. The lowest BCUT2D eigenvalue weighted by molar-refractivity contribution is -0.0323. The van der Waals surface area contributed by atoms with Crippen molar-refractivity contribution in [1.82, 2.24) is 10.6 Å². The number of terminal acetylenes is 1. The van der Waals surface area contributed by atoms with Gasteiger partial charge < -0.3 is 14.8 Å². The molecule has 1 saturated carbocycles. The minimum absolute atomic E-state index is 0.0377. The monoisotopic (exact) mass is 266 g/mol. The first kappa shape index (κ1) is 14.2. The molecule has 2 fully saturated rings. The molecule has 4 unspecified atom stereocenters. The van der Waals surface area contributed by atoms with Crippen molar-refractivity contribution in [2.24, 2.45) is 5.92 Å². The van der Waals surface area contributed by atoms with Crippen LogP contribution >= 0.6 is 0 Å². The number of hydrogen-bond acceptors (Lipinski definition) is 4. The van der Waals surface area contributed by atoms with Crippen LogP contribution in [-0.4, -0.2) is 43.0 Å². The highest BCUT2D eigenvalue weighted by atomic mass is 16.6. The highest BCUT2D eigenvalue weighted by Gasteiger charge is 2.54. The molecule has 0 aromatic heterocycles. The van der Waals surface area contributed by atoms with Gasteiger partial charge in [-0.15, -0.1) is 6.42 Å². The van der Waals surface area contributed by atoms with Crippen LogP contribution in [0.15, 0.2) is 0 Å². The second-order valence-corrected chi connectivity index (χ2v) is 6.07. The summed E-state index contributed by atoms with van der Waals surface area (Å²) in [5.74, 6) is 2.91. The first-order valence-electron chi connectivity index (χ1n) is 6.70. The Labute approximate surface area is 114 Å². The number of carbonyl (C=O) groups is 1. The summed E-state index contributed by atoms with van der Waals surface area (Å²) in [6, 6.07) is 0.117. The zero-order valence-electron chi connectivity index (χ0n) is 11.7. The van der Waals surface area contributed by atoms with Crippen LogP contribution in [0, 0.1) is 18.3 Å². The lowest BCUT2D eigenvalue weighted by atomic mass is 9.71. The molecule has 1 saturated heterocycles. The number of fused-ring (bicyclic) bond motifs is 1. The van der Waals surface area contributed by atoms with Gasteiger partial charge in [-0.05, 0) is 27.2 Å². The van der Waals surface area contributed by atoms with E-state index in [-0.39, 0.29) is 24.3 Å². The molecule has 1 aliphatic carbocycles. The van der Waals surface area contributed by atoms with Crippen molar-refractivity contribution in [1.29, 1.82) is 0 Å². The molecular weight excluding hydrogens is 244 g/mol. The van der Waals surface area contributed by atoms with E-state index in [2.05, 4.69) is 16.6 Å². The molecule has 5 nitrogen and oxygen atoms in total. The topological polar surface area (TPSA) is 59.6 Å². The second kappa shape index (κ2) is 5.40. The average molecular weight is 266 g/mol. The van der Waals surface area contributed by atoms with E-state index in [0.29, 0.717) is 12.5 Å². The Morgan fingerprint density at radius 1 is 1.47 bits per heavy atom. The van der Waals surface area contributed by atoms with E-state index >= 15 is 0 Å². The number of rotatable bonds is 3. The third-order valence-electron chi connectivity index (χ3n) is 3.51. The van der Waals surface area contributed by atoms with Crippen molar-refractivity contribution in [2.45, 2.75) is 51.0 Å². The van der Waals surface area contributed by atoms with E-state index in [1.54, 1.807) is 0 Å². The lowest BCUT2D eigenvalue weighted by Crippen LogP contribution is -2.70. The molecule has 0 bridgehead atoms. The second-order valence-electron chi connectivity index (χ2n) is 6.07. The molecule has 1 aliphatic heterocycles. The quantitative estimate of drug-likeness (QED) is 0.745. The Hall–Kier alpha value is -1.25. The van der Waals surface area contributed by atoms with Gasteiger partial charge in [-0.25, -0.2) is 4.79 Å². The average Bonchev–Trinajstić information content (AvgIpc) is 2.69. The minimum atomic E-state index is -0.485. The van der Waals surface area contributed by atoms with Crippen molar-refractivity contribution in [3.8, 4) is 12.3 Å². The van der Waals surface area contributed by atoms with E-state index in [1.807, 2.05) is 20.8 Å². The largest absolute Gasteiger partial charge is 0.444 e.